The van der Waals surface area contributed by atoms with Gasteiger partial charge in [-0.2, -0.15) is 5.10 Å². The summed E-state index contributed by atoms with van der Waals surface area (Å²) >= 11 is 3.47. The Morgan fingerprint density at radius 3 is 2.80 bits per heavy atom. The molecular weight excluding hydrogens is 378 g/mol. The van der Waals surface area contributed by atoms with Crippen LogP contribution < -0.4 is 5.43 Å². The summed E-state index contributed by atoms with van der Waals surface area (Å²) in [5.74, 6) is 0.191. The lowest BCUT2D eigenvalue weighted by Gasteiger charge is -2.07. The average molecular weight is 392 g/mol. The SMILES string of the molecule is Oc1ccc2cc(Br)ccc2c1/C=N\Nc1cccc2cccnc12. The zero-order valence-electron chi connectivity index (χ0n) is 13.1. The van der Waals surface area contributed by atoms with Crippen molar-refractivity contribution >= 4 is 49.5 Å². The fraction of sp³-hybridized carbons (Fsp3) is 0. The Bertz CT molecular complexity index is 1100. The highest BCUT2D eigenvalue weighted by molar-refractivity contribution is 9.10. The van der Waals surface area contributed by atoms with Gasteiger partial charge >= 0.3 is 0 Å². The number of aromatic nitrogens is 1. The van der Waals surface area contributed by atoms with E-state index in [-0.39, 0.29) is 5.75 Å². The third kappa shape index (κ3) is 3.06. The quantitative estimate of drug-likeness (QED) is 0.367. The lowest BCUT2D eigenvalue weighted by Crippen LogP contribution is -1.94. The first-order valence-electron chi connectivity index (χ1n) is 7.76. The molecular formula is C20H14BrN3O. The summed E-state index contributed by atoms with van der Waals surface area (Å²) in [5, 5.41) is 17.5. The summed E-state index contributed by atoms with van der Waals surface area (Å²) in [6.07, 6.45) is 3.39. The summed E-state index contributed by atoms with van der Waals surface area (Å²) < 4.78 is 0.994. The second-order valence-corrected chi connectivity index (χ2v) is 6.53. The number of rotatable bonds is 3. The molecule has 4 aromatic rings. The maximum absolute atomic E-state index is 10.2. The molecule has 1 heterocycles. The van der Waals surface area contributed by atoms with Crippen LogP contribution in [0.4, 0.5) is 5.69 Å². The predicted molar refractivity (Wildman–Crippen MR) is 106 cm³/mol. The topological polar surface area (TPSA) is 57.5 Å². The molecule has 0 saturated heterocycles. The van der Waals surface area contributed by atoms with Crippen LogP contribution in [0.2, 0.25) is 0 Å². The maximum atomic E-state index is 10.2. The largest absolute Gasteiger partial charge is 0.507 e. The van der Waals surface area contributed by atoms with Crippen molar-refractivity contribution in [2.45, 2.75) is 0 Å². The smallest absolute Gasteiger partial charge is 0.125 e. The van der Waals surface area contributed by atoms with E-state index >= 15 is 0 Å². The normalized spacial score (nSPS) is 11.4. The molecule has 0 saturated carbocycles. The van der Waals surface area contributed by atoms with Crippen molar-refractivity contribution in [3.8, 4) is 5.75 Å². The van der Waals surface area contributed by atoms with Crippen LogP contribution in [0.25, 0.3) is 21.7 Å². The number of nitrogens with one attached hydrogen (secondary N) is 1. The number of fused-ring (bicyclic) bond motifs is 2. The molecule has 0 amide bonds. The molecule has 0 atom stereocenters. The van der Waals surface area contributed by atoms with E-state index in [2.05, 4.69) is 31.4 Å². The molecule has 0 aliphatic carbocycles. The number of benzene rings is 3. The van der Waals surface area contributed by atoms with Gasteiger partial charge in [-0.1, -0.05) is 46.3 Å². The zero-order valence-corrected chi connectivity index (χ0v) is 14.7. The minimum Gasteiger partial charge on any atom is -0.507 e. The molecule has 2 N–H and O–H groups in total. The van der Waals surface area contributed by atoms with Gasteiger partial charge in [0, 0.05) is 21.6 Å². The van der Waals surface area contributed by atoms with Crippen LogP contribution in [0.5, 0.6) is 5.75 Å². The van der Waals surface area contributed by atoms with Crippen LogP contribution in [0.15, 0.2) is 76.4 Å². The van der Waals surface area contributed by atoms with Gasteiger partial charge in [-0.3, -0.25) is 10.4 Å². The molecule has 0 unspecified atom stereocenters. The Hall–Kier alpha value is -2.92. The van der Waals surface area contributed by atoms with Crippen LogP contribution in [0, 0.1) is 0 Å². The highest BCUT2D eigenvalue weighted by Gasteiger charge is 2.06. The van der Waals surface area contributed by atoms with Gasteiger partial charge in [-0.15, -0.1) is 0 Å². The predicted octanol–water partition coefficient (Wildman–Crippen LogP) is 5.30. The van der Waals surface area contributed by atoms with Gasteiger partial charge < -0.3 is 5.11 Å². The number of hydrogen-bond donors (Lipinski definition) is 2. The number of para-hydroxylation sites is 1. The Kier molecular flexibility index (Phi) is 4.07. The van der Waals surface area contributed by atoms with E-state index in [1.165, 1.54) is 0 Å². The van der Waals surface area contributed by atoms with Crippen LogP contribution >= 0.6 is 15.9 Å². The molecule has 0 fully saturated rings. The van der Waals surface area contributed by atoms with Gasteiger partial charge in [0.2, 0.25) is 0 Å². The van der Waals surface area contributed by atoms with Gasteiger partial charge in [0.25, 0.3) is 0 Å². The zero-order chi connectivity index (χ0) is 17.2. The van der Waals surface area contributed by atoms with Gasteiger partial charge in [0.1, 0.15) is 5.75 Å². The highest BCUT2D eigenvalue weighted by atomic mass is 79.9. The third-order valence-electron chi connectivity index (χ3n) is 4.01. The van der Waals surface area contributed by atoms with E-state index in [0.717, 1.165) is 31.8 Å². The Morgan fingerprint density at radius 1 is 1.00 bits per heavy atom. The molecule has 3 aromatic carbocycles. The number of anilines is 1. The van der Waals surface area contributed by atoms with E-state index in [0.29, 0.717) is 5.56 Å². The molecule has 0 bridgehead atoms. The van der Waals surface area contributed by atoms with Gasteiger partial charge in [0.15, 0.2) is 0 Å². The summed E-state index contributed by atoms with van der Waals surface area (Å²) in [6.45, 7) is 0. The van der Waals surface area contributed by atoms with Crippen LogP contribution in [-0.2, 0) is 0 Å². The third-order valence-corrected chi connectivity index (χ3v) is 4.51. The first-order chi connectivity index (χ1) is 12.2. The average Bonchev–Trinajstić information content (AvgIpc) is 2.64. The Morgan fingerprint density at radius 2 is 1.88 bits per heavy atom. The molecule has 0 radical (unpaired) electrons. The monoisotopic (exact) mass is 391 g/mol. The molecule has 1 aromatic heterocycles. The van der Waals surface area contributed by atoms with Crippen molar-refractivity contribution in [3.05, 3.63) is 76.9 Å². The van der Waals surface area contributed by atoms with Crippen molar-refractivity contribution in [1.29, 1.82) is 0 Å². The van der Waals surface area contributed by atoms with Crippen molar-refractivity contribution < 1.29 is 5.11 Å². The fourth-order valence-electron chi connectivity index (χ4n) is 2.81. The maximum Gasteiger partial charge on any atom is 0.125 e. The summed E-state index contributed by atoms with van der Waals surface area (Å²) in [7, 11) is 0. The summed E-state index contributed by atoms with van der Waals surface area (Å²) in [5.41, 5.74) is 5.37. The number of phenolic OH excluding ortho intramolecular Hbond substituents is 1. The van der Waals surface area contributed by atoms with E-state index < -0.39 is 0 Å². The molecule has 4 rings (SSSR count). The van der Waals surface area contributed by atoms with Crippen molar-refractivity contribution in [1.82, 2.24) is 4.98 Å². The fourth-order valence-corrected chi connectivity index (χ4v) is 3.19. The molecule has 122 valence electrons. The minimum atomic E-state index is 0.191. The number of nitrogens with zero attached hydrogens (tertiary/aromatic N) is 2. The number of pyridine rings is 1. The van der Waals surface area contributed by atoms with E-state index in [4.69, 9.17) is 0 Å². The summed E-state index contributed by atoms with van der Waals surface area (Å²) in [6, 6.07) is 19.3. The number of phenols is 1. The molecule has 0 aliphatic rings. The molecule has 0 spiro atoms. The molecule has 5 heteroatoms. The number of halogens is 1. The number of hydrogen-bond acceptors (Lipinski definition) is 4. The van der Waals surface area contributed by atoms with E-state index in [9.17, 15) is 5.11 Å². The van der Waals surface area contributed by atoms with Crippen LogP contribution in [0.3, 0.4) is 0 Å². The van der Waals surface area contributed by atoms with Gasteiger partial charge in [-0.05, 0) is 41.1 Å². The van der Waals surface area contributed by atoms with Gasteiger partial charge in [0.05, 0.1) is 17.4 Å². The Balaban J connectivity index is 1.70. The van der Waals surface area contributed by atoms with E-state index in [1.807, 2.05) is 54.6 Å². The van der Waals surface area contributed by atoms with Crippen LogP contribution in [-0.4, -0.2) is 16.3 Å². The first kappa shape index (κ1) is 15.6. The van der Waals surface area contributed by atoms with Crippen molar-refractivity contribution in [2.75, 3.05) is 5.43 Å². The highest BCUT2D eigenvalue weighted by Crippen LogP contribution is 2.28. The second-order valence-electron chi connectivity index (χ2n) is 5.61. The first-order valence-corrected chi connectivity index (χ1v) is 8.56. The molecule has 25 heavy (non-hydrogen) atoms. The second kappa shape index (κ2) is 6.53. The lowest BCUT2D eigenvalue weighted by molar-refractivity contribution is 0.475. The van der Waals surface area contributed by atoms with Gasteiger partial charge in [-0.25, -0.2) is 0 Å². The minimum absolute atomic E-state index is 0.191. The van der Waals surface area contributed by atoms with E-state index in [1.54, 1.807) is 18.5 Å². The molecule has 4 nitrogen and oxygen atoms in total. The molecule has 0 aliphatic heterocycles. The van der Waals surface area contributed by atoms with Crippen molar-refractivity contribution in [3.63, 3.8) is 0 Å². The lowest BCUT2D eigenvalue weighted by atomic mass is 10.0. The van der Waals surface area contributed by atoms with Crippen molar-refractivity contribution in [2.24, 2.45) is 5.10 Å². The number of aromatic hydroxyl groups is 1. The number of hydrazone groups is 1. The Labute approximate surface area is 153 Å². The van der Waals surface area contributed by atoms with Crippen LogP contribution in [0.1, 0.15) is 5.56 Å². The standard InChI is InChI=1S/C20H14BrN3O/c21-15-7-8-16-14(11-15)6-9-19(25)17(16)12-23-24-18-5-1-3-13-4-2-10-22-20(13)18/h1-12,24-25H/b23-12-. The summed E-state index contributed by atoms with van der Waals surface area (Å²) in [4.78, 5) is 4.39.